The van der Waals surface area contributed by atoms with Crippen LogP contribution in [-0.4, -0.2) is 12.6 Å². The zero-order chi connectivity index (χ0) is 18.2. The summed E-state index contributed by atoms with van der Waals surface area (Å²) in [6, 6.07) is 0. The quantitative estimate of drug-likeness (QED) is 0.321. The van der Waals surface area contributed by atoms with Gasteiger partial charge in [0.2, 0.25) is 0 Å². The first-order chi connectivity index (χ1) is 11.3. The number of rotatable bonds is 7. The molecule has 1 rings (SSSR count). The molecular formula is C22H32O2. The minimum atomic E-state index is -0.291. The third-order valence-corrected chi connectivity index (χ3v) is 4.42. The highest BCUT2D eigenvalue weighted by molar-refractivity contribution is 5.83. The van der Waals surface area contributed by atoms with Crippen LogP contribution in [0.15, 0.2) is 59.3 Å². The molecule has 0 aromatic rings. The van der Waals surface area contributed by atoms with Gasteiger partial charge in [-0.1, -0.05) is 55.9 Å². The van der Waals surface area contributed by atoms with Gasteiger partial charge in [-0.2, -0.15) is 0 Å². The zero-order valence-corrected chi connectivity index (χ0v) is 15.9. The molecule has 1 aliphatic rings. The fraction of sp³-hybridized carbons (Fsp3) is 0.500. The Hall–Kier alpha value is -1.83. The van der Waals surface area contributed by atoms with Crippen LogP contribution in [0.4, 0.5) is 0 Å². The molecule has 0 aromatic heterocycles. The summed E-state index contributed by atoms with van der Waals surface area (Å²) in [5, 5.41) is 0. The van der Waals surface area contributed by atoms with Crippen molar-refractivity contribution in [1.29, 1.82) is 0 Å². The van der Waals surface area contributed by atoms with Crippen LogP contribution >= 0.6 is 0 Å². The van der Waals surface area contributed by atoms with Crippen LogP contribution < -0.4 is 0 Å². The Morgan fingerprint density at radius 2 is 2.04 bits per heavy atom. The van der Waals surface area contributed by atoms with E-state index in [1.165, 1.54) is 36.5 Å². The summed E-state index contributed by atoms with van der Waals surface area (Å²) in [5.74, 6) is -0.291. The van der Waals surface area contributed by atoms with Gasteiger partial charge in [0.1, 0.15) is 0 Å². The molecule has 0 saturated carbocycles. The SMILES string of the molecule is C=C(/C=C/C1=C(C)CCCC1(C)C)C/C=C/C(C)=C\C(=O)OCC. The highest BCUT2D eigenvalue weighted by Gasteiger charge is 2.26. The maximum atomic E-state index is 11.4. The second-order valence-electron chi connectivity index (χ2n) is 7.17. The Bertz CT molecular complexity index is 583. The monoisotopic (exact) mass is 328 g/mol. The molecule has 0 aromatic carbocycles. The van der Waals surface area contributed by atoms with Crippen molar-refractivity contribution in [2.24, 2.45) is 5.41 Å². The topological polar surface area (TPSA) is 26.3 Å². The number of esters is 1. The number of hydrogen-bond acceptors (Lipinski definition) is 2. The zero-order valence-electron chi connectivity index (χ0n) is 15.9. The van der Waals surface area contributed by atoms with E-state index >= 15 is 0 Å². The minimum Gasteiger partial charge on any atom is -0.463 e. The molecule has 0 aliphatic heterocycles. The largest absolute Gasteiger partial charge is 0.463 e. The number of hydrogen-bond donors (Lipinski definition) is 0. The Morgan fingerprint density at radius 1 is 1.33 bits per heavy atom. The van der Waals surface area contributed by atoms with E-state index in [2.05, 4.69) is 39.5 Å². The van der Waals surface area contributed by atoms with Gasteiger partial charge in [-0.05, 0) is 63.0 Å². The smallest absolute Gasteiger partial charge is 0.330 e. The highest BCUT2D eigenvalue weighted by Crippen LogP contribution is 2.40. The summed E-state index contributed by atoms with van der Waals surface area (Å²) in [6.07, 6.45) is 14.4. The molecule has 0 N–H and O–H groups in total. The molecule has 0 amide bonds. The molecule has 0 spiro atoms. The third kappa shape index (κ3) is 6.74. The lowest BCUT2D eigenvalue weighted by Gasteiger charge is -2.33. The first kappa shape index (κ1) is 20.2. The Labute approximate surface area is 147 Å². The molecule has 0 atom stereocenters. The van der Waals surface area contributed by atoms with Gasteiger partial charge in [-0.15, -0.1) is 0 Å². The maximum Gasteiger partial charge on any atom is 0.330 e. The Balaban J connectivity index is 2.60. The van der Waals surface area contributed by atoms with Crippen LogP contribution in [0.1, 0.15) is 60.3 Å². The molecular weight excluding hydrogens is 296 g/mol. The van der Waals surface area contributed by atoms with Crippen molar-refractivity contribution in [3.8, 4) is 0 Å². The highest BCUT2D eigenvalue weighted by atomic mass is 16.5. The summed E-state index contributed by atoms with van der Waals surface area (Å²) < 4.78 is 4.89. The van der Waals surface area contributed by atoms with Gasteiger partial charge in [-0.3, -0.25) is 0 Å². The molecule has 132 valence electrons. The number of allylic oxidation sites excluding steroid dienone is 8. The van der Waals surface area contributed by atoms with E-state index in [0.717, 1.165) is 17.6 Å². The van der Waals surface area contributed by atoms with Gasteiger partial charge in [-0.25, -0.2) is 4.79 Å². The third-order valence-electron chi connectivity index (χ3n) is 4.42. The van der Waals surface area contributed by atoms with Crippen molar-refractivity contribution < 1.29 is 9.53 Å². The van der Waals surface area contributed by atoms with E-state index in [0.29, 0.717) is 6.61 Å². The molecule has 0 bridgehead atoms. The lowest BCUT2D eigenvalue weighted by Crippen LogP contribution is -2.19. The van der Waals surface area contributed by atoms with Gasteiger partial charge in [0.15, 0.2) is 0 Å². The van der Waals surface area contributed by atoms with Gasteiger partial charge in [0.05, 0.1) is 6.61 Å². The predicted octanol–water partition coefficient (Wildman–Crippen LogP) is 6.08. The minimum absolute atomic E-state index is 0.258. The summed E-state index contributed by atoms with van der Waals surface area (Å²) >= 11 is 0. The van der Waals surface area contributed by atoms with E-state index in [4.69, 9.17) is 4.74 Å². The average molecular weight is 328 g/mol. The predicted molar refractivity (Wildman–Crippen MR) is 103 cm³/mol. The molecule has 0 unspecified atom stereocenters. The van der Waals surface area contributed by atoms with Crippen molar-refractivity contribution in [2.75, 3.05) is 6.61 Å². The molecule has 0 saturated heterocycles. The lowest BCUT2D eigenvalue weighted by molar-refractivity contribution is -0.137. The molecule has 0 heterocycles. The Kier molecular flexibility index (Phi) is 7.97. The standard InChI is InChI=1S/C22H32O2/c1-7-24-21(23)16-18(3)11-8-10-17(2)13-14-20-19(4)12-9-15-22(20,5)6/h8,11,13-14,16H,2,7,9-10,12,15H2,1,3-6H3/b11-8+,14-13+,18-16-. The summed E-state index contributed by atoms with van der Waals surface area (Å²) in [6.45, 7) is 15.1. The van der Waals surface area contributed by atoms with Gasteiger partial charge < -0.3 is 4.74 Å². The first-order valence-electron chi connectivity index (χ1n) is 8.84. The van der Waals surface area contributed by atoms with Crippen molar-refractivity contribution in [1.82, 2.24) is 0 Å². The van der Waals surface area contributed by atoms with E-state index in [9.17, 15) is 4.79 Å². The number of carbonyl (C=O) groups excluding carboxylic acids is 1. The number of ether oxygens (including phenoxy) is 1. The lowest BCUT2D eigenvalue weighted by atomic mass is 9.72. The van der Waals surface area contributed by atoms with Crippen LogP contribution in [-0.2, 0) is 9.53 Å². The number of carbonyl (C=O) groups is 1. The normalized spacial score (nSPS) is 18.5. The maximum absolute atomic E-state index is 11.4. The van der Waals surface area contributed by atoms with Gasteiger partial charge in [0.25, 0.3) is 0 Å². The van der Waals surface area contributed by atoms with Crippen LogP contribution in [0.5, 0.6) is 0 Å². The molecule has 0 radical (unpaired) electrons. The second-order valence-corrected chi connectivity index (χ2v) is 7.17. The molecule has 2 heteroatoms. The van der Waals surface area contributed by atoms with Gasteiger partial charge >= 0.3 is 5.97 Å². The molecule has 2 nitrogen and oxygen atoms in total. The van der Waals surface area contributed by atoms with Crippen LogP contribution in [0.2, 0.25) is 0 Å². The van der Waals surface area contributed by atoms with Gasteiger partial charge in [0, 0.05) is 6.08 Å². The fourth-order valence-corrected chi connectivity index (χ4v) is 3.09. The average Bonchev–Trinajstić information content (AvgIpc) is 2.46. The van der Waals surface area contributed by atoms with E-state index in [1.54, 1.807) is 6.92 Å². The van der Waals surface area contributed by atoms with E-state index < -0.39 is 0 Å². The van der Waals surface area contributed by atoms with Crippen LogP contribution in [0, 0.1) is 5.41 Å². The van der Waals surface area contributed by atoms with Crippen LogP contribution in [0.25, 0.3) is 0 Å². The summed E-state index contributed by atoms with van der Waals surface area (Å²) in [5.41, 5.74) is 5.17. The summed E-state index contributed by atoms with van der Waals surface area (Å²) in [7, 11) is 0. The van der Waals surface area contributed by atoms with Crippen molar-refractivity contribution >= 4 is 5.97 Å². The van der Waals surface area contributed by atoms with Crippen molar-refractivity contribution in [3.63, 3.8) is 0 Å². The first-order valence-corrected chi connectivity index (χ1v) is 8.84. The van der Waals surface area contributed by atoms with E-state index in [-0.39, 0.29) is 11.4 Å². The summed E-state index contributed by atoms with van der Waals surface area (Å²) in [4.78, 5) is 11.4. The van der Waals surface area contributed by atoms with Crippen molar-refractivity contribution in [3.05, 3.63) is 59.3 Å². The van der Waals surface area contributed by atoms with Crippen molar-refractivity contribution in [2.45, 2.75) is 60.3 Å². The second kappa shape index (κ2) is 9.46. The molecule has 24 heavy (non-hydrogen) atoms. The molecule has 1 aliphatic carbocycles. The molecule has 0 fully saturated rings. The Morgan fingerprint density at radius 3 is 2.67 bits per heavy atom. The fourth-order valence-electron chi connectivity index (χ4n) is 3.09. The van der Waals surface area contributed by atoms with Crippen LogP contribution in [0.3, 0.4) is 0 Å². The van der Waals surface area contributed by atoms with E-state index in [1.807, 2.05) is 19.1 Å².